The van der Waals surface area contributed by atoms with Gasteiger partial charge in [0.1, 0.15) is 0 Å². The van der Waals surface area contributed by atoms with Gasteiger partial charge < -0.3 is 14.8 Å². The second-order valence-electron chi connectivity index (χ2n) is 7.87. The van der Waals surface area contributed by atoms with Crippen molar-refractivity contribution < 1.29 is 14.3 Å². The summed E-state index contributed by atoms with van der Waals surface area (Å²) in [5, 5.41) is 8.43. The second-order valence-corrected chi connectivity index (χ2v) is 8.31. The molecule has 2 aromatic carbocycles. The molecule has 0 aliphatic carbocycles. The molecular formula is C26H25ClN4O3. The molecule has 0 spiro atoms. The smallest absolute Gasteiger partial charge is 0.257 e. The minimum Gasteiger partial charge on any atom is -0.493 e. The van der Waals surface area contributed by atoms with Gasteiger partial charge in [0.25, 0.3) is 5.91 Å². The average molecular weight is 477 g/mol. The van der Waals surface area contributed by atoms with Crippen LogP contribution in [-0.4, -0.2) is 34.9 Å². The molecule has 0 fully saturated rings. The van der Waals surface area contributed by atoms with Gasteiger partial charge in [-0.2, -0.15) is 5.10 Å². The van der Waals surface area contributed by atoms with Crippen LogP contribution in [0.2, 0.25) is 5.02 Å². The zero-order valence-electron chi connectivity index (χ0n) is 19.4. The summed E-state index contributed by atoms with van der Waals surface area (Å²) in [7, 11) is 5.05. The van der Waals surface area contributed by atoms with Crippen molar-refractivity contribution in [2.45, 2.75) is 13.3 Å². The van der Waals surface area contributed by atoms with Gasteiger partial charge in [-0.25, -0.2) is 0 Å². The number of nitrogens with one attached hydrogen (secondary N) is 1. The molecule has 1 N–H and O–H groups in total. The van der Waals surface area contributed by atoms with Crippen LogP contribution in [0.1, 0.15) is 27.2 Å². The molecule has 1 amide bonds. The van der Waals surface area contributed by atoms with E-state index in [1.165, 1.54) is 6.20 Å². The maximum atomic E-state index is 13.1. The predicted octanol–water partition coefficient (Wildman–Crippen LogP) is 5.30. The molecule has 4 rings (SSSR count). The number of aromatic nitrogens is 3. The van der Waals surface area contributed by atoms with Gasteiger partial charge in [-0.1, -0.05) is 17.7 Å². The van der Waals surface area contributed by atoms with E-state index in [9.17, 15) is 4.79 Å². The molecule has 34 heavy (non-hydrogen) atoms. The summed E-state index contributed by atoms with van der Waals surface area (Å²) in [4.78, 5) is 17.1. The summed E-state index contributed by atoms with van der Waals surface area (Å²) in [6, 6.07) is 14.9. The number of aryl methyl sites for hydroxylation is 2. The number of hydrogen-bond donors (Lipinski definition) is 1. The molecule has 0 radical (unpaired) electrons. The van der Waals surface area contributed by atoms with Gasteiger partial charge in [0.2, 0.25) is 0 Å². The molecule has 174 valence electrons. The van der Waals surface area contributed by atoms with Gasteiger partial charge in [-0.15, -0.1) is 0 Å². The van der Waals surface area contributed by atoms with Crippen molar-refractivity contribution in [3.05, 3.63) is 88.3 Å². The molecule has 0 unspecified atom stereocenters. The lowest BCUT2D eigenvalue weighted by molar-refractivity contribution is 0.102. The minimum atomic E-state index is -0.269. The molecule has 0 atom stereocenters. The third kappa shape index (κ3) is 4.89. The molecule has 2 aromatic heterocycles. The van der Waals surface area contributed by atoms with E-state index < -0.39 is 0 Å². The van der Waals surface area contributed by atoms with Crippen molar-refractivity contribution in [1.29, 1.82) is 0 Å². The fraction of sp³-hybridized carbons (Fsp3) is 0.192. The fourth-order valence-electron chi connectivity index (χ4n) is 3.91. The summed E-state index contributed by atoms with van der Waals surface area (Å²) < 4.78 is 12.6. The van der Waals surface area contributed by atoms with Crippen molar-refractivity contribution in [3.63, 3.8) is 0 Å². The highest BCUT2D eigenvalue weighted by Crippen LogP contribution is 2.35. The molecule has 8 heteroatoms. The number of methoxy groups -OCH3 is 2. The summed E-state index contributed by atoms with van der Waals surface area (Å²) in [5.41, 5.74) is 5.37. The maximum absolute atomic E-state index is 13.1. The Hall–Kier alpha value is -3.84. The highest BCUT2D eigenvalue weighted by Gasteiger charge is 2.22. The van der Waals surface area contributed by atoms with Crippen LogP contribution in [-0.2, 0) is 13.5 Å². The zero-order chi connectivity index (χ0) is 24.2. The number of hydrogen-bond acceptors (Lipinski definition) is 5. The number of ether oxygens (including phenoxy) is 2. The lowest BCUT2D eigenvalue weighted by Crippen LogP contribution is -2.14. The lowest BCUT2D eigenvalue weighted by atomic mass is 10.0. The maximum Gasteiger partial charge on any atom is 0.257 e. The van der Waals surface area contributed by atoms with Gasteiger partial charge in [-0.05, 0) is 60.5 Å². The predicted molar refractivity (Wildman–Crippen MR) is 133 cm³/mol. The first-order chi connectivity index (χ1) is 16.4. The Morgan fingerprint density at radius 1 is 1.09 bits per heavy atom. The van der Waals surface area contributed by atoms with E-state index in [1.807, 2.05) is 50.4 Å². The number of rotatable bonds is 7. The first-order valence-electron chi connectivity index (χ1n) is 10.6. The number of pyridine rings is 1. The van der Waals surface area contributed by atoms with Crippen LogP contribution in [0.15, 0.2) is 60.9 Å². The molecule has 0 saturated carbocycles. The summed E-state index contributed by atoms with van der Waals surface area (Å²) in [5.74, 6) is 1.00. The molecular weight excluding hydrogens is 452 g/mol. The van der Waals surface area contributed by atoms with Crippen molar-refractivity contribution in [2.24, 2.45) is 7.05 Å². The number of carbonyl (C=O) groups is 1. The normalized spacial score (nSPS) is 10.7. The fourth-order valence-corrected chi connectivity index (χ4v) is 4.20. The zero-order valence-corrected chi connectivity index (χ0v) is 20.2. The Labute approximate surface area is 203 Å². The number of nitrogens with zero attached hydrogens (tertiary/aromatic N) is 3. The van der Waals surface area contributed by atoms with Crippen LogP contribution >= 0.6 is 11.6 Å². The minimum absolute atomic E-state index is 0.269. The van der Waals surface area contributed by atoms with Crippen LogP contribution in [0.25, 0.3) is 11.3 Å². The highest BCUT2D eigenvalue weighted by molar-refractivity contribution is 6.31. The van der Waals surface area contributed by atoms with Gasteiger partial charge >= 0.3 is 0 Å². The van der Waals surface area contributed by atoms with Gasteiger partial charge in [0.05, 0.1) is 36.9 Å². The summed E-state index contributed by atoms with van der Waals surface area (Å²) in [6.07, 6.45) is 3.63. The SMILES string of the molecule is COc1ccc(Cc2nn(C)c(-c3cc(C)cc(Cl)c3)c2NC(=O)c2cccnc2)cc1OC. The molecule has 7 nitrogen and oxygen atoms in total. The van der Waals surface area contributed by atoms with Crippen LogP contribution < -0.4 is 14.8 Å². The molecule has 2 heterocycles. The Balaban J connectivity index is 1.80. The van der Waals surface area contributed by atoms with E-state index >= 15 is 0 Å². The van der Waals surface area contributed by atoms with Gasteiger partial charge in [-0.3, -0.25) is 14.5 Å². The molecule has 0 aliphatic heterocycles. The van der Waals surface area contributed by atoms with Gasteiger partial charge in [0, 0.05) is 36.4 Å². The van der Waals surface area contributed by atoms with E-state index in [2.05, 4.69) is 10.3 Å². The molecule has 0 saturated heterocycles. The first-order valence-corrected chi connectivity index (χ1v) is 11.0. The quantitative estimate of drug-likeness (QED) is 0.391. The Kier molecular flexibility index (Phi) is 6.84. The van der Waals surface area contributed by atoms with E-state index in [-0.39, 0.29) is 5.91 Å². The monoisotopic (exact) mass is 476 g/mol. The number of amides is 1. The third-order valence-corrected chi connectivity index (χ3v) is 5.64. The standard InChI is InChI=1S/C26H25ClN4O3/c1-16-10-19(14-20(27)11-16)25-24(29-26(32)18-6-5-9-28-15-18)21(30-31(25)2)12-17-7-8-22(33-3)23(13-17)34-4/h5-11,13-15H,12H2,1-4H3,(H,29,32). The van der Waals surface area contributed by atoms with E-state index in [1.54, 1.807) is 37.2 Å². The number of halogens is 1. The average Bonchev–Trinajstić information content (AvgIpc) is 3.12. The van der Waals surface area contributed by atoms with Crippen molar-refractivity contribution in [3.8, 4) is 22.8 Å². The molecule has 0 bridgehead atoms. The van der Waals surface area contributed by atoms with Crippen molar-refractivity contribution in [1.82, 2.24) is 14.8 Å². The van der Waals surface area contributed by atoms with Gasteiger partial charge in [0.15, 0.2) is 11.5 Å². The summed E-state index contributed by atoms with van der Waals surface area (Å²) >= 11 is 6.35. The Morgan fingerprint density at radius 3 is 2.56 bits per heavy atom. The lowest BCUT2D eigenvalue weighted by Gasteiger charge is -2.12. The third-order valence-electron chi connectivity index (χ3n) is 5.42. The Bertz CT molecular complexity index is 1320. The largest absolute Gasteiger partial charge is 0.493 e. The molecule has 4 aromatic rings. The Morgan fingerprint density at radius 2 is 1.88 bits per heavy atom. The van der Waals surface area contributed by atoms with Crippen LogP contribution in [0.3, 0.4) is 0 Å². The highest BCUT2D eigenvalue weighted by atomic mass is 35.5. The molecule has 0 aliphatic rings. The number of carbonyl (C=O) groups excluding carboxylic acids is 1. The van der Waals surface area contributed by atoms with E-state index in [0.717, 1.165) is 22.4 Å². The van der Waals surface area contributed by atoms with E-state index in [0.29, 0.717) is 39.9 Å². The van der Waals surface area contributed by atoms with E-state index in [4.69, 9.17) is 26.2 Å². The van der Waals surface area contributed by atoms with Crippen molar-refractivity contribution >= 4 is 23.2 Å². The number of anilines is 1. The van der Waals surface area contributed by atoms with Crippen LogP contribution in [0.4, 0.5) is 5.69 Å². The first kappa shape index (κ1) is 23.3. The van der Waals surface area contributed by atoms with Crippen LogP contribution in [0.5, 0.6) is 11.5 Å². The summed E-state index contributed by atoms with van der Waals surface area (Å²) in [6.45, 7) is 1.98. The van der Waals surface area contributed by atoms with Crippen LogP contribution in [0, 0.1) is 6.92 Å². The second kappa shape index (κ2) is 9.97. The number of benzene rings is 2. The van der Waals surface area contributed by atoms with Crippen molar-refractivity contribution in [2.75, 3.05) is 19.5 Å². The topological polar surface area (TPSA) is 78.3 Å².